The molecule has 1 N–H and O–H groups in total. The Kier molecular flexibility index (Phi) is 6.73. The maximum Gasteiger partial charge on any atom is 0.180 e. The molecule has 0 aliphatic carbocycles. The molecular weight excluding hydrogens is 687 g/mol. The van der Waals surface area contributed by atoms with Crippen molar-refractivity contribution >= 4 is 71.4 Å². The first-order valence-corrected chi connectivity index (χ1v) is 19.1. The summed E-state index contributed by atoms with van der Waals surface area (Å²) in [6.07, 6.45) is 2.30. The molecule has 6 nitrogen and oxygen atoms in total. The van der Waals surface area contributed by atoms with Crippen molar-refractivity contribution in [2.75, 3.05) is 13.1 Å². The first-order valence-electron chi connectivity index (χ1n) is 19.1. The summed E-state index contributed by atoms with van der Waals surface area (Å²) in [5.74, 6) is 0.670. The Labute approximate surface area is 321 Å². The number of fused-ring (bicyclic) bond motifs is 9. The Morgan fingerprint density at radius 2 is 1.23 bits per heavy atom. The van der Waals surface area contributed by atoms with Gasteiger partial charge in [-0.3, -0.25) is 0 Å². The summed E-state index contributed by atoms with van der Waals surface area (Å²) in [5.41, 5.74) is 14.5. The van der Waals surface area contributed by atoms with Gasteiger partial charge in [-0.15, -0.1) is 0 Å². The fourth-order valence-electron chi connectivity index (χ4n) is 8.90. The maximum atomic E-state index is 6.61. The molecule has 7 aromatic carbocycles. The van der Waals surface area contributed by atoms with Gasteiger partial charge in [-0.05, 0) is 65.7 Å². The van der Waals surface area contributed by atoms with E-state index in [1.54, 1.807) is 0 Å². The molecule has 1 aliphatic heterocycles. The summed E-state index contributed by atoms with van der Waals surface area (Å²) >= 11 is 0. The lowest BCUT2D eigenvalue weighted by Crippen LogP contribution is -2.10. The topological polar surface area (TPSA) is 60.8 Å². The smallest absolute Gasteiger partial charge is 0.180 e. The van der Waals surface area contributed by atoms with Gasteiger partial charge in [-0.25, -0.2) is 9.97 Å². The molecule has 12 rings (SSSR count). The number of hydrogen-bond acceptors (Lipinski definition) is 4. The molecule has 0 saturated carbocycles. The third kappa shape index (κ3) is 4.60. The molecule has 4 aromatic heterocycles. The van der Waals surface area contributed by atoms with Crippen molar-refractivity contribution in [3.05, 3.63) is 170 Å². The van der Waals surface area contributed by atoms with Crippen molar-refractivity contribution in [2.45, 2.75) is 0 Å². The predicted molar refractivity (Wildman–Crippen MR) is 230 cm³/mol. The van der Waals surface area contributed by atoms with Gasteiger partial charge in [0.05, 0.1) is 22.1 Å². The lowest BCUT2D eigenvalue weighted by molar-refractivity contribution is 0.667. The first kappa shape index (κ1) is 31.1. The standard InChI is InChI=1S/C50H33N5O/c1-3-12-31(13-4-1)47-49-48(53-50(52-47)32-14-5-2-6-15-32)40-29-34(23-25-45(40)56-49)54-42-20-10-8-17-38(42)46-36(18-11-21-44(46)54)33-22-24-43-39(28-33)37-16-7-9-19-41(37)55(43)35-26-27-51-30-35/h1-26,28-29,51H,27,30H2. The number of furan rings is 1. The molecule has 6 heteroatoms. The van der Waals surface area contributed by atoms with E-state index in [4.69, 9.17) is 14.4 Å². The Morgan fingerprint density at radius 1 is 0.518 bits per heavy atom. The van der Waals surface area contributed by atoms with Gasteiger partial charge < -0.3 is 18.9 Å². The first-order chi connectivity index (χ1) is 27.8. The van der Waals surface area contributed by atoms with Gasteiger partial charge in [-0.2, -0.15) is 0 Å². The zero-order valence-electron chi connectivity index (χ0n) is 30.3. The molecule has 1 aliphatic rings. The van der Waals surface area contributed by atoms with Crippen LogP contribution in [0.1, 0.15) is 0 Å². The second-order valence-electron chi connectivity index (χ2n) is 14.6. The molecular formula is C50H33N5O. The van der Waals surface area contributed by atoms with Crippen LogP contribution in [0.25, 0.3) is 111 Å². The molecule has 0 saturated heterocycles. The average molecular weight is 720 g/mol. The number of aromatic nitrogens is 4. The van der Waals surface area contributed by atoms with E-state index in [0.717, 1.165) is 63.1 Å². The Morgan fingerprint density at radius 3 is 2.04 bits per heavy atom. The van der Waals surface area contributed by atoms with E-state index >= 15 is 0 Å². The van der Waals surface area contributed by atoms with Crippen LogP contribution in [0.3, 0.4) is 0 Å². The van der Waals surface area contributed by atoms with Crippen LogP contribution in [0.4, 0.5) is 0 Å². The van der Waals surface area contributed by atoms with Crippen LogP contribution < -0.4 is 5.32 Å². The number of para-hydroxylation sites is 2. The Hall–Kier alpha value is -7.28. The number of rotatable bonds is 5. The van der Waals surface area contributed by atoms with E-state index < -0.39 is 0 Å². The molecule has 0 amide bonds. The second-order valence-corrected chi connectivity index (χ2v) is 14.6. The van der Waals surface area contributed by atoms with Gasteiger partial charge in [0.2, 0.25) is 0 Å². The minimum absolute atomic E-state index is 0.670. The highest BCUT2D eigenvalue weighted by Crippen LogP contribution is 2.42. The largest absolute Gasteiger partial charge is 0.452 e. The highest BCUT2D eigenvalue weighted by molar-refractivity contribution is 6.18. The van der Waals surface area contributed by atoms with Gasteiger partial charge in [0, 0.05) is 62.5 Å². The number of benzene rings is 7. The van der Waals surface area contributed by atoms with E-state index in [9.17, 15) is 0 Å². The quantitative estimate of drug-likeness (QED) is 0.192. The van der Waals surface area contributed by atoms with Gasteiger partial charge in [0.1, 0.15) is 16.8 Å². The molecule has 5 heterocycles. The van der Waals surface area contributed by atoms with E-state index in [1.807, 2.05) is 36.4 Å². The monoisotopic (exact) mass is 719 g/mol. The molecule has 264 valence electrons. The third-order valence-corrected chi connectivity index (χ3v) is 11.4. The maximum absolute atomic E-state index is 6.61. The lowest BCUT2D eigenvalue weighted by atomic mass is 9.98. The Balaban J connectivity index is 1.08. The highest BCUT2D eigenvalue weighted by Gasteiger charge is 2.22. The van der Waals surface area contributed by atoms with Gasteiger partial charge in [0.15, 0.2) is 11.4 Å². The second kappa shape index (κ2) is 12.1. The van der Waals surface area contributed by atoms with E-state index in [-0.39, 0.29) is 0 Å². The lowest BCUT2D eigenvalue weighted by Gasteiger charge is -2.10. The van der Waals surface area contributed by atoms with Crippen molar-refractivity contribution in [3.8, 4) is 39.5 Å². The molecule has 0 unspecified atom stereocenters. The molecule has 0 bridgehead atoms. The van der Waals surface area contributed by atoms with Crippen molar-refractivity contribution in [1.82, 2.24) is 24.4 Å². The van der Waals surface area contributed by atoms with Crippen LogP contribution >= 0.6 is 0 Å². The zero-order valence-corrected chi connectivity index (χ0v) is 30.3. The molecule has 0 fully saturated rings. The fraction of sp³-hybridized carbons (Fsp3) is 0.0400. The molecule has 11 aromatic rings. The van der Waals surface area contributed by atoms with Gasteiger partial charge in [-0.1, -0.05) is 115 Å². The minimum Gasteiger partial charge on any atom is -0.452 e. The predicted octanol–water partition coefficient (Wildman–Crippen LogP) is 12.0. The normalized spacial score (nSPS) is 13.2. The summed E-state index contributed by atoms with van der Waals surface area (Å²) in [4.78, 5) is 10.2. The van der Waals surface area contributed by atoms with Crippen molar-refractivity contribution < 1.29 is 4.42 Å². The molecule has 0 radical (unpaired) electrons. The fourth-order valence-corrected chi connectivity index (χ4v) is 8.90. The van der Waals surface area contributed by atoms with Gasteiger partial charge in [0.25, 0.3) is 0 Å². The summed E-state index contributed by atoms with van der Waals surface area (Å²) in [6, 6.07) is 58.0. The van der Waals surface area contributed by atoms with Gasteiger partial charge >= 0.3 is 0 Å². The van der Waals surface area contributed by atoms with Crippen LogP contribution in [-0.4, -0.2) is 32.2 Å². The van der Waals surface area contributed by atoms with E-state index in [0.29, 0.717) is 11.4 Å². The van der Waals surface area contributed by atoms with Crippen molar-refractivity contribution in [3.63, 3.8) is 0 Å². The average Bonchev–Trinajstić information content (AvgIpc) is 4.06. The van der Waals surface area contributed by atoms with Crippen molar-refractivity contribution in [2.24, 2.45) is 0 Å². The van der Waals surface area contributed by atoms with Crippen LogP contribution in [0.15, 0.2) is 174 Å². The van der Waals surface area contributed by atoms with Crippen LogP contribution in [0.5, 0.6) is 0 Å². The number of hydrogen-bond donors (Lipinski definition) is 1. The van der Waals surface area contributed by atoms with Crippen LogP contribution in [0, 0.1) is 0 Å². The molecule has 0 atom stereocenters. The minimum atomic E-state index is 0.670. The van der Waals surface area contributed by atoms with E-state index in [1.165, 1.54) is 49.4 Å². The zero-order chi connectivity index (χ0) is 36.7. The summed E-state index contributed by atoms with van der Waals surface area (Å²) in [6.45, 7) is 1.76. The Bertz CT molecular complexity index is 3390. The van der Waals surface area contributed by atoms with Crippen LogP contribution in [0.2, 0.25) is 0 Å². The molecule has 0 spiro atoms. The highest BCUT2D eigenvalue weighted by atomic mass is 16.3. The summed E-state index contributed by atoms with van der Waals surface area (Å²) in [7, 11) is 0. The third-order valence-electron chi connectivity index (χ3n) is 11.4. The van der Waals surface area contributed by atoms with Crippen molar-refractivity contribution in [1.29, 1.82) is 0 Å². The summed E-state index contributed by atoms with van der Waals surface area (Å²) < 4.78 is 11.4. The SMILES string of the molecule is C1=C(n2c3ccccc3c3cc(-c4cccc5c4c4ccccc4n5-c4ccc5oc6c(-c7ccccc7)nc(-c7ccccc7)nc6c5c4)ccc32)CNC1. The molecule has 56 heavy (non-hydrogen) atoms. The van der Waals surface area contributed by atoms with Crippen LogP contribution in [-0.2, 0) is 0 Å². The number of nitrogens with zero attached hydrogens (tertiary/aromatic N) is 4. The van der Waals surface area contributed by atoms with E-state index in [2.05, 4.69) is 148 Å². The summed E-state index contributed by atoms with van der Waals surface area (Å²) in [5, 5.41) is 9.40. The number of nitrogens with one attached hydrogen (secondary N) is 1.